The van der Waals surface area contributed by atoms with Crippen molar-refractivity contribution in [3.8, 4) is 0 Å². The summed E-state index contributed by atoms with van der Waals surface area (Å²) in [5, 5.41) is 0. The van der Waals surface area contributed by atoms with Gasteiger partial charge in [-0.3, -0.25) is 0 Å². The van der Waals surface area contributed by atoms with E-state index in [0.717, 1.165) is 55.4 Å². The fourth-order valence-corrected chi connectivity index (χ4v) is 3.41. The lowest BCUT2D eigenvalue weighted by Crippen LogP contribution is -2.36. The Balaban J connectivity index is 1.43. The van der Waals surface area contributed by atoms with Crippen molar-refractivity contribution < 1.29 is 4.42 Å². The fraction of sp³-hybridized carbons (Fsp3) is 0.444. The highest BCUT2D eigenvalue weighted by Crippen LogP contribution is 2.28. The van der Waals surface area contributed by atoms with Crippen LogP contribution < -0.4 is 0 Å². The summed E-state index contributed by atoms with van der Waals surface area (Å²) in [5.74, 6) is 2.38. The molecule has 0 unspecified atom stereocenters. The van der Waals surface area contributed by atoms with Crippen molar-refractivity contribution in [3.63, 3.8) is 0 Å². The highest BCUT2D eigenvalue weighted by molar-refractivity contribution is 5.72. The van der Waals surface area contributed by atoms with Crippen LogP contribution in [-0.2, 0) is 6.54 Å². The lowest BCUT2D eigenvalue weighted by Gasteiger charge is -2.31. The molecule has 0 radical (unpaired) electrons. The Kier molecular flexibility index (Phi) is 3.87. The Morgan fingerprint density at radius 1 is 1.26 bits per heavy atom. The summed E-state index contributed by atoms with van der Waals surface area (Å²) >= 11 is 0. The minimum atomic E-state index is 0.403. The Morgan fingerprint density at radius 2 is 2.17 bits per heavy atom. The number of rotatable bonds is 4. The molecule has 5 nitrogen and oxygen atoms in total. The lowest BCUT2D eigenvalue weighted by atomic mass is 9.98. The van der Waals surface area contributed by atoms with Gasteiger partial charge in [0.2, 0.25) is 0 Å². The molecular weight excluding hydrogens is 288 g/mol. The van der Waals surface area contributed by atoms with Crippen molar-refractivity contribution in [3.05, 3.63) is 48.4 Å². The summed E-state index contributed by atoms with van der Waals surface area (Å²) in [5.41, 5.74) is 1.86. The SMILES string of the molecule is Cc1nccn1CCN1CCC[C@H](c2nc3ccccc3o2)C1. The number of aromatic nitrogens is 3. The number of oxazole rings is 1. The van der Waals surface area contributed by atoms with Crippen LogP contribution in [0.4, 0.5) is 0 Å². The normalized spacial score (nSPS) is 19.4. The average molecular weight is 310 g/mol. The van der Waals surface area contributed by atoms with Crippen molar-refractivity contribution in [2.24, 2.45) is 0 Å². The zero-order valence-corrected chi connectivity index (χ0v) is 13.5. The molecule has 0 saturated carbocycles. The standard InChI is InChI=1S/C18H22N4O/c1-14-19-8-10-22(14)12-11-21-9-4-5-15(13-21)18-20-16-6-2-3-7-17(16)23-18/h2-3,6-8,10,15H,4-5,9,11-13H2,1H3/t15-/m0/s1. The number of fused-ring (bicyclic) bond motifs is 1. The third-order valence-corrected chi connectivity index (χ3v) is 4.75. The van der Waals surface area contributed by atoms with Gasteiger partial charge in [-0.05, 0) is 38.4 Å². The van der Waals surface area contributed by atoms with Gasteiger partial charge in [0.15, 0.2) is 11.5 Å². The molecule has 3 heterocycles. The number of hydrogen-bond donors (Lipinski definition) is 0. The van der Waals surface area contributed by atoms with Gasteiger partial charge in [0.05, 0.1) is 0 Å². The van der Waals surface area contributed by atoms with Crippen molar-refractivity contribution in [1.82, 2.24) is 19.4 Å². The van der Waals surface area contributed by atoms with E-state index in [4.69, 9.17) is 4.42 Å². The van der Waals surface area contributed by atoms with Gasteiger partial charge in [0, 0.05) is 37.9 Å². The second-order valence-corrected chi connectivity index (χ2v) is 6.33. The van der Waals surface area contributed by atoms with Gasteiger partial charge in [-0.1, -0.05) is 12.1 Å². The van der Waals surface area contributed by atoms with E-state index < -0.39 is 0 Å². The summed E-state index contributed by atoms with van der Waals surface area (Å²) < 4.78 is 8.18. The van der Waals surface area contributed by atoms with E-state index in [1.807, 2.05) is 30.5 Å². The van der Waals surface area contributed by atoms with Crippen LogP contribution in [0.3, 0.4) is 0 Å². The van der Waals surface area contributed by atoms with Crippen molar-refractivity contribution in [2.45, 2.75) is 32.2 Å². The highest BCUT2D eigenvalue weighted by Gasteiger charge is 2.25. The molecule has 5 heteroatoms. The third kappa shape index (κ3) is 3.01. The molecule has 120 valence electrons. The molecule has 0 aliphatic carbocycles. The summed E-state index contributed by atoms with van der Waals surface area (Å²) in [7, 11) is 0. The van der Waals surface area contributed by atoms with Crippen LogP contribution in [-0.4, -0.2) is 39.1 Å². The fourth-order valence-electron chi connectivity index (χ4n) is 3.41. The monoisotopic (exact) mass is 310 g/mol. The molecule has 0 N–H and O–H groups in total. The van der Waals surface area contributed by atoms with E-state index >= 15 is 0 Å². The topological polar surface area (TPSA) is 47.1 Å². The zero-order chi connectivity index (χ0) is 15.6. The molecule has 1 aliphatic rings. The molecule has 0 bridgehead atoms. The highest BCUT2D eigenvalue weighted by atomic mass is 16.3. The number of hydrogen-bond acceptors (Lipinski definition) is 4. The molecule has 4 rings (SSSR count). The first-order chi connectivity index (χ1) is 11.3. The van der Waals surface area contributed by atoms with Crippen molar-refractivity contribution in [2.75, 3.05) is 19.6 Å². The molecule has 1 aliphatic heterocycles. The van der Waals surface area contributed by atoms with Crippen LogP contribution in [0.2, 0.25) is 0 Å². The second kappa shape index (κ2) is 6.16. The van der Waals surface area contributed by atoms with E-state index in [1.165, 1.54) is 6.42 Å². The first kappa shape index (κ1) is 14.5. The smallest absolute Gasteiger partial charge is 0.199 e. The van der Waals surface area contributed by atoms with Crippen LogP contribution in [0.15, 0.2) is 41.1 Å². The van der Waals surface area contributed by atoms with Gasteiger partial charge in [-0.2, -0.15) is 0 Å². The largest absolute Gasteiger partial charge is 0.440 e. The first-order valence-corrected chi connectivity index (χ1v) is 8.35. The predicted octanol–water partition coefficient (Wildman–Crippen LogP) is 3.21. The number of nitrogens with zero attached hydrogens (tertiary/aromatic N) is 4. The van der Waals surface area contributed by atoms with Crippen LogP contribution in [0.1, 0.15) is 30.5 Å². The average Bonchev–Trinajstić information content (AvgIpc) is 3.19. The molecule has 1 fully saturated rings. The van der Waals surface area contributed by atoms with E-state index in [2.05, 4.69) is 32.6 Å². The summed E-state index contributed by atoms with van der Waals surface area (Å²) in [6, 6.07) is 8.02. The lowest BCUT2D eigenvalue weighted by molar-refractivity contribution is 0.188. The van der Waals surface area contributed by atoms with Crippen LogP contribution in [0, 0.1) is 6.92 Å². The predicted molar refractivity (Wildman–Crippen MR) is 89.4 cm³/mol. The Morgan fingerprint density at radius 3 is 3.00 bits per heavy atom. The molecule has 23 heavy (non-hydrogen) atoms. The van der Waals surface area contributed by atoms with Gasteiger partial charge >= 0.3 is 0 Å². The number of imidazole rings is 1. The molecule has 0 spiro atoms. The zero-order valence-electron chi connectivity index (χ0n) is 13.5. The molecule has 1 aromatic carbocycles. The van der Waals surface area contributed by atoms with Crippen LogP contribution >= 0.6 is 0 Å². The Labute approximate surface area is 135 Å². The van der Waals surface area contributed by atoms with E-state index in [9.17, 15) is 0 Å². The van der Waals surface area contributed by atoms with Gasteiger partial charge in [-0.15, -0.1) is 0 Å². The van der Waals surface area contributed by atoms with E-state index in [-0.39, 0.29) is 0 Å². The first-order valence-electron chi connectivity index (χ1n) is 8.35. The van der Waals surface area contributed by atoms with E-state index in [1.54, 1.807) is 0 Å². The molecule has 0 amide bonds. The van der Waals surface area contributed by atoms with Crippen molar-refractivity contribution in [1.29, 1.82) is 0 Å². The minimum absolute atomic E-state index is 0.403. The number of piperidine rings is 1. The molecule has 3 aromatic rings. The molecular formula is C18H22N4O. The summed E-state index contributed by atoms with van der Waals surface area (Å²) in [4.78, 5) is 11.5. The van der Waals surface area contributed by atoms with Crippen LogP contribution in [0.25, 0.3) is 11.1 Å². The number of benzene rings is 1. The van der Waals surface area contributed by atoms with Crippen molar-refractivity contribution >= 4 is 11.1 Å². The Bertz CT molecular complexity index is 758. The molecule has 1 saturated heterocycles. The van der Waals surface area contributed by atoms with Gasteiger partial charge in [-0.25, -0.2) is 9.97 Å². The quantitative estimate of drug-likeness (QED) is 0.742. The van der Waals surface area contributed by atoms with E-state index in [0.29, 0.717) is 5.92 Å². The maximum atomic E-state index is 5.97. The number of likely N-dealkylation sites (tertiary alicyclic amines) is 1. The second-order valence-electron chi connectivity index (χ2n) is 6.33. The number of para-hydroxylation sites is 2. The Hall–Kier alpha value is -2.14. The van der Waals surface area contributed by atoms with Gasteiger partial charge < -0.3 is 13.9 Å². The molecule has 2 aromatic heterocycles. The minimum Gasteiger partial charge on any atom is -0.440 e. The summed E-state index contributed by atoms with van der Waals surface area (Å²) in [6.45, 7) is 6.28. The third-order valence-electron chi connectivity index (χ3n) is 4.75. The van der Waals surface area contributed by atoms with Gasteiger partial charge in [0.1, 0.15) is 11.3 Å². The maximum absolute atomic E-state index is 5.97. The van der Waals surface area contributed by atoms with Gasteiger partial charge in [0.25, 0.3) is 0 Å². The number of aryl methyl sites for hydroxylation is 1. The molecule has 1 atom stereocenters. The summed E-state index contributed by atoms with van der Waals surface area (Å²) in [6.07, 6.45) is 6.28. The van der Waals surface area contributed by atoms with Crippen LogP contribution in [0.5, 0.6) is 0 Å². The maximum Gasteiger partial charge on any atom is 0.199 e.